The van der Waals surface area contributed by atoms with Crippen molar-refractivity contribution in [2.45, 2.75) is 18.9 Å². The van der Waals surface area contributed by atoms with Crippen LogP contribution in [-0.4, -0.2) is 30.7 Å². The van der Waals surface area contributed by atoms with Gasteiger partial charge in [0, 0.05) is 13.1 Å². The molecule has 1 atom stereocenters. The van der Waals surface area contributed by atoms with Crippen molar-refractivity contribution in [1.82, 2.24) is 5.32 Å². The zero-order chi connectivity index (χ0) is 17.6. The fraction of sp³-hybridized carbons (Fsp3) is 0.263. The summed E-state index contributed by atoms with van der Waals surface area (Å²) in [7, 11) is 1.38. The van der Waals surface area contributed by atoms with Crippen LogP contribution in [0.25, 0.3) is 0 Å². The van der Waals surface area contributed by atoms with Gasteiger partial charge in [-0.3, -0.25) is 4.79 Å². The van der Waals surface area contributed by atoms with Crippen molar-refractivity contribution in [2.75, 3.05) is 13.7 Å². The molecule has 0 amide bonds. The van der Waals surface area contributed by atoms with Gasteiger partial charge >= 0.3 is 11.9 Å². The second kappa shape index (κ2) is 7.75. The molecule has 0 fully saturated rings. The minimum absolute atomic E-state index is 0.252. The van der Waals surface area contributed by atoms with Crippen molar-refractivity contribution in [3.05, 3.63) is 71.3 Å². The summed E-state index contributed by atoms with van der Waals surface area (Å²) in [6.07, 6.45) is 0. The molecule has 0 saturated carbocycles. The third kappa shape index (κ3) is 4.00. The van der Waals surface area contributed by atoms with Gasteiger partial charge in [-0.25, -0.2) is 4.79 Å². The Hall–Kier alpha value is -2.66. The number of rotatable bonds is 7. The van der Waals surface area contributed by atoms with Gasteiger partial charge in [-0.2, -0.15) is 0 Å². The Balaban J connectivity index is 2.06. The normalized spacial score (nSPS) is 13.1. The highest BCUT2D eigenvalue weighted by molar-refractivity contribution is 5.87. The monoisotopic (exact) mass is 327 g/mol. The molecule has 5 nitrogen and oxygen atoms in total. The number of nitrogens with one attached hydrogen (secondary N) is 1. The van der Waals surface area contributed by atoms with Gasteiger partial charge < -0.3 is 15.2 Å². The Morgan fingerprint density at radius 3 is 2.25 bits per heavy atom. The molecule has 24 heavy (non-hydrogen) atoms. The third-order valence-corrected chi connectivity index (χ3v) is 4.06. The SMILES string of the molecule is COC(=O)C(C)(CNCc1ccc(C(=O)O)cc1)c1ccccc1. The highest BCUT2D eigenvalue weighted by Gasteiger charge is 2.35. The Morgan fingerprint density at radius 2 is 1.71 bits per heavy atom. The van der Waals surface area contributed by atoms with Gasteiger partial charge in [-0.15, -0.1) is 0 Å². The molecule has 0 heterocycles. The van der Waals surface area contributed by atoms with E-state index in [0.29, 0.717) is 13.1 Å². The van der Waals surface area contributed by atoms with Crippen LogP contribution in [0.4, 0.5) is 0 Å². The van der Waals surface area contributed by atoms with Crippen LogP contribution in [0, 0.1) is 0 Å². The second-order valence-corrected chi connectivity index (χ2v) is 5.80. The molecule has 0 aliphatic heterocycles. The first-order valence-electron chi connectivity index (χ1n) is 7.64. The van der Waals surface area contributed by atoms with E-state index in [1.165, 1.54) is 7.11 Å². The lowest BCUT2D eigenvalue weighted by Crippen LogP contribution is -2.43. The molecule has 2 rings (SSSR count). The highest BCUT2D eigenvalue weighted by atomic mass is 16.5. The zero-order valence-corrected chi connectivity index (χ0v) is 13.8. The topological polar surface area (TPSA) is 75.6 Å². The van der Waals surface area contributed by atoms with Crippen molar-refractivity contribution >= 4 is 11.9 Å². The Bertz CT molecular complexity index is 697. The largest absolute Gasteiger partial charge is 0.478 e. The lowest BCUT2D eigenvalue weighted by molar-refractivity contribution is -0.146. The Morgan fingerprint density at radius 1 is 1.08 bits per heavy atom. The average molecular weight is 327 g/mol. The van der Waals surface area contributed by atoms with Gasteiger partial charge in [0.1, 0.15) is 5.41 Å². The van der Waals surface area contributed by atoms with E-state index in [1.54, 1.807) is 24.3 Å². The van der Waals surface area contributed by atoms with Crippen LogP contribution in [0.1, 0.15) is 28.4 Å². The van der Waals surface area contributed by atoms with E-state index < -0.39 is 11.4 Å². The number of ether oxygens (including phenoxy) is 1. The van der Waals surface area contributed by atoms with Crippen molar-refractivity contribution in [1.29, 1.82) is 0 Å². The van der Waals surface area contributed by atoms with E-state index in [1.807, 2.05) is 37.3 Å². The summed E-state index contributed by atoms with van der Waals surface area (Å²) in [6, 6.07) is 16.1. The van der Waals surface area contributed by atoms with Crippen molar-refractivity contribution in [3.8, 4) is 0 Å². The summed E-state index contributed by atoms with van der Waals surface area (Å²) in [4.78, 5) is 23.1. The number of carboxylic acid groups (broad SMARTS) is 1. The van der Waals surface area contributed by atoms with E-state index in [-0.39, 0.29) is 11.5 Å². The van der Waals surface area contributed by atoms with E-state index in [2.05, 4.69) is 5.32 Å². The van der Waals surface area contributed by atoms with Gasteiger partial charge in [0.05, 0.1) is 12.7 Å². The van der Waals surface area contributed by atoms with Crippen LogP contribution in [0.2, 0.25) is 0 Å². The summed E-state index contributed by atoms with van der Waals surface area (Å²) >= 11 is 0. The fourth-order valence-corrected chi connectivity index (χ4v) is 2.55. The number of carbonyl (C=O) groups excluding carboxylic acids is 1. The summed E-state index contributed by atoms with van der Waals surface area (Å²) in [5, 5.41) is 12.2. The maximum absolute atomic E-state index is 12.3. The standard InChI is InChI=1S/C19H21NO4/c1-19(18(23)24-2,16-6-4-3-5-7-16)13-20-12-14-8-10-15(11-9-14)17(21)22/h3-11,20H,12-13H2,1-2H3,(H,21,22). The van der Waals surface area contributed by atoms with Gasteiger partial charge in [0.25, 0.3) is 0 Å². The summed E-state index contributed by atoms with van der Waals surface area (Å²) in [6.45, 7) is 2.78. The number of esters is 1. The van der Waals surface area contributed by atoms with Gasteiger partial charge in [0.15, 0.2) is 0 Å². The number of benzene rings is 2. The zero-order valence-electron chi connectivity index (χ0n) is 13.8. The first-order chi connectivity index (χ1) is 11.5. The molecule has 1 unspecified atom stereocenters. The molecular formula is C19H21NO4. The molecule has 5 heteroatoms. The number of carbonyl (C=O) groups is 2. The minimum atomic E-state index is -0.947. The molecule has 2 aromatic carbocycles. The van der Waals surface area contributed by atoms with Crippen molar-refractivity contribution in [3.63, 3.8) is 0 Å². The highest BCUT2D eigenvalue weighted by Crippen LogP contribution is 2.24. The van der Waals surface area contributed by atoms with E-state index >= 15 is 0 Å². The Kier molecular flexibility index (Phi) is 5.71. The molecule has 2 aromatic rings. The third-order valence-electron chi connectivity index (χ3n) is 4.06. The summed E-state index contributed by atoms with van der Waals surface area (Å²) < 4.78 is 4.97. The van der Waals surface area contributed by atoms with Gasteiger partial charge in [0.2, 0.25) is 0 Å². The van der Waals surface area contributed by atoms with E-state index in [4.69, 9.17) is 9.84 Å². The van der Waals surface area contributed by atoms with Crippen LogP contribution >= 0.6 is 0 Å². The van der Waals surface area contributed by atoms with Crippen LogP contribution in [-0.2, 0) is 21.5 Å². The number of hydrogen-bond donors (Lipinski definition) is 2. The maximum Gasteiger partial charge on any atom is 0.335 e. The minimum Gasteiger partial charge on any atom is -0.478 e. The molecule has 0 spiro atoms. The summed E-state index contributed by atoms with van der Waals surface area (Å²) in [5.41, 5.74) is 1.28. The quantitative estimate of drug-likeness (QED) is 0.765. The number of hydrogen-bond acceptors (Lipinski definition) is 4. The predicted octanol–water partition coefficient (Wildman–Crippen LogP) is 2.61. The molecular weight excluding hydrogens is 306 g/mol. The molecule has 0 aliphatic rings. The number of aromatic carboxylic acids is 1. The first kappa shape index (κ1) is 17.7. The molecule has 0 radical (unpaired) electrons. The Labute approximate surface area is 141 Å². The molecule has 0 aliphatic carbocycles. The molecule has 0 bridgehead atoms. The lowest BCUT2D eigenvalue weighted by atomic mass is 9.82. The van der Waals surface area contributed by atoms with E-state index in [0.717, 1.165) is 11.1 Å². The van der Waals surface area contributed by atoms with E-state index in [9.17, 15) is 9.59 Å². The van der Waals surface area contributed by atoms with Crippen LogP contribution in [0.3, 0.4) is 0 Å². The number of methoxy groups -OCH3 is 1. The number of carboxylic acids is 1. The van der Waals surface area contributed by atoms with Crippen molar-refractivity contribution < 1.29 is 19.4 Å². The van der Waals surface area contributed by atoms with Crippen LogP contribution in [0.15, 0.2) is 54.6 Å². The molecule has 0 saturated heterocycles. The van der Waals surface area contributed by atoms with Crippen molar-refractivity contribution in [2.24, 2.45) is 0 Å². The summed E-state index contributed by atoms with van der Waals surface area (Å²) in [5.74, 6) is -1.25. The van der Waals surface area contributed by atoms with Gasteiger partial charge in [-0.05, 0) is 30.2 Å². The van der Waals surface area contributed by atoms with Gasteiger partial charge in [-0.1, -0.05) is 42.5 Å². The van der Waals surface area contributed by atoms with Crippen LogP contribution in [0.5, 0.6) is 0 Å². The molecule has 0 aromatic heterocycles. The smallest absolute Gasteiger partial charge is 0.335 e. The molecule has 2 N–H and O–H groups in total. The first-order valence-corrected chi connectivity index (χ1v) is 7.64. The average Bonchev–Trinajstić information content (AvgIpc) is 2.62. The predicted molar refractivity (Wildman–Crippen MR) is 90.9 cm³/mol. The lowest BCUT2D eigenvalue weighted by Gasteiger charge is -2.27. The van der Waals surface area contributed by atoms with Crippen LogP contribution < -0.4 is 5.32 Å². The maximum atomic E-state index is 12.3. The fourth-order valence-electron chi connectivity index (χ4n) is 2.55. The second-order valence-electron chi connectivity index (χ2n) is 5.80. The molecule has 126 valence electrons.